The van der Waals surface area contributed by atoms with Gasteiger partial charge in [-0.15, -0.1) is 6.58 Å². The first-order valence-electron chi connectivity index (χ1n) is 5.73. The first-order valence-corrected chi connectivity index (χ1v) is 5.73. The van der Waals surface area contributed by atoms with Crippen LogP contribution in [0, 0.1) is 0 Å². The summed E-state index contributed by atoms with van der Waals surface area (Å²) in [6.45, 7) is 6.10. The Bertz CT molecular complexity index is 454. The lowest BCUT2D eigenvalue weighted by molar-refractivity contribution is -0.136. The Kier molecular flexibility index (Phi) is 5.11. The van der Waals surface area contributed by atoms with Crippen molar-refractivity contribution in [3.8, 4) is 0 Å². The molecule has 1 N–H and O–H groups in total. The van der Waals surface area contributed by atoms with Gasteiger partial charge in [-0.1, -0.05) is 18.2 Å². The predicted molar refractivity (Wildman–Crippen MR) is 71.1 cm³/mol. The Morgan fingerprint density at radius 2 is 2.17 bits per heavy atom. The highest BCUT2D eigenvalue weighted by atomic mass is 16.4. The maximum absolute atomic E-state index is 11.3. The Labute approximate surface area is 107 Å². The van der Waals surface area contributed by atoms with E-state index in [0.717, 1.165) is 5.69 Å². The third kappa shape index (κ3) is 4.05. The van der Waals surface area contributed by atoms with Gasteiger partial charge in [0.25, 0.3) is 0 Å². The first kappa shape index (κ1) is 14.0. The molecule has 0 unspecified atom stereocenters. The molecule has 96 valence electrons. The van der Waals surface area contributed by atoms with E-state index in [1.54, 1.807) is 24.3 Å². The van der Waals surface area contributed by atoms with Gasteiger partial charge in [-0.25, -0.2) is 0 Å². The van der Waals surface area contributed by atoms with Crippen molar-refractivity contribution in [1.29, 1.82) is 0 Å². The topological polar surface area (TPSA) is 57.6 Å². The van der Waals surface area contributed by atoms with Gasteiger partial charge in [0.2, 0.25) is 0 Å². The lowest BCUT2D eigenvalue weighted by atomic mass is 10.1. The molecule has 0 aliphatic rings. The summed E-state index contributed by atoms with van der Waals surface area (Å²) in [5.41, 5.74) is 1.46. The zero-order valence-electron chi connectivity index (χ0n) is 10.4. The number of rotatable bonds is 7. The van der Waals surface area contributed by atoms with E-state index < -0.39 is 5.97 Å². The Hall–Kier alpha value is -2.10. The molecule has 18 heavy (non-hydrogen) atoms. The zero-order valence-corrected chi connectivity index (χ0v) is 10.4. The minimum Gasteiger partial charge on any atom is -0.481 e. The van der Waals surface area contributed by atoms with Crippen molar-refractivity contribution < 1.29 is 14.7 Å². The third-order valence-electron chi connectivity index (χ3n) is 2.56. The quantitative estimate of drug-likeness (QED) is 0.593. The molecule has 0 saturated carbocycles. The minimum absolute atomic E-state index is 0.00589. The van der Waals surface area contributed by atoms with Gasteiger partial charge in [0, 0.05) is 24.3 Å². The average molecular weight is 247 g/mol. The van der Waals surface area contributed by atoms with Crippen LogP contribution in [0.2, 0.25) is 0 Å². The number of carbonyl (C=O) groups excluding carboxylic acids is 1. The second-order valence-electron chi connectivity index (χ2n) is 3.98. The molecule has 0 radical (unpaired) electrons. The van der Waals surface area contributed by atoms with E-state index in [2.05, 4.69) is 6.58 Å². The third-order valence-corrected chi connectivity index (χ3v) is 2.56. The number of carbonyl (C=O) groups is 2. The molecule has 0 saturated heterocycles. The molecular formula is C14H17NO3. The normalized spacial score (nSPS) is 9.83. The van der Waals surface area contributed by atoms with E-state index in [1.807, 2.05) is 11.0 Å². The predicted octanol–water partition coefficient (Wildman–Crippen LogP) is 2.36. The van der Waals surface area contributed by atoms with Gasteiger partial charge in [-0.2, -0.15) is 0 Å². The molecule has 1 aromatic carbocycles. The summed E-state index contributed by atoms with van der Waals surface area (Å²) in [6.07, 6.45) is 1.76. The van der Waals surface area contributed by atoms with E-state index >= 15 is 0 Å². The number of aliphatic carboxylic acids is 1. The number of carboxylic acids is 1. The molecule has 0 amide bonds. The minimum atomic E-state index is -0.841. The smallest absolute Gasteiger partial charge is 0.305 e. The maximum Gasteiger partial charge on any atom is 0.305 e. The molecule has 0 heterocycles. The Balaban J connectivity index is 2.90. The van der Waals surface area contributed by atoms with Crippen LogP contribution < -0.4 is 4.90 Å². The van der Waals surface area contributed by atoms with Crippen LogP contribution in [0.5, 0.6) is 0 Å². The van der Waals surface area contributed by atoms with Crippen molar-refractivity contribution in [2.45, 2.75) is 13.3 Å². The maximum atomic E-state index is 11.3. The van der Waals surface area contributed by atoms with Crippen molar-refractivity contribution >= 4 is 17.4 Å². The monoisotopic (exact) mass is 247 g/mol. The molecule has 0 aromatic heterocycles. The van der Waals surface area contributed by atoms with E-state index in [4.69, 9.17) is 5.11 Å². The zero-order chi connectivity index (χ0) is 13.5. The highest BCUT2D eigenvalue weighted by Crippen LogP contribution is 2.17. The first-order chi connectivity index (χ1) is 8.54. The summed E-state index contributed by atoms with van der Waals surface area (Å²) >= 11 is 0. The van der Waals surface area contributed by atoms with Gasteiger partial charge in [0.1, 0.15) is 0 Å². The summed E-state index contributed by atoms with van der Waals surface area (Å²) < 4.78 is 0. The molecule has 0 aliphatic carbocycles. The van der Waals surface area contributed by atoms with Gasteiger partial charge in [0.05, 0.1) is 6.42 Å². The number of hydrogen-bond acceptors (Lipinski definition) is 3. The molecule has 4 heteroatoms. The van der Waals surface area contributed by atoms with Crippen LogP contribution in [0.25, 0.3) is 0 Å². The fourth-order valence-corrected chi connectivity index (χ4v) is 1.63. The van der Waals surface area contributed by atoms with Gasteiger partial charge < -0.3 is 10.0 Å². The summed E-state index contributed by atoms with van der Waals surface area (Å²) in [5.74, 6) is -0.847. The number of benzene rings is 1. The molecule has 4 nitrogen and oxygen atoms in total. The van der Waals surface area contributed by atoms with Crippen LogP contribution in [0.15, 0.2) is 36.9 Å². The fourth-order valence-electron chi connectivity index (χ4n) is 1.63. The van der Waals surface area contributed by atoms with Gasteiger partial charge in [-0.05, 0) is 19.1 Å². The highest BCUT2D eigenvalue weighted by molar-refractivity contribution is 5.95. The van der Waals surface area contributed by atoms with Crippen LogP contribution in [0.4, 0.5) is 5.69 Å². The lowest BCUT2D eigenvalue weighted by Gasteiger charge is -2.22. The van der Waals surface area contributed by atoms with E-state index in [-0.39, 0.29) is 12.2 Å². The standard InChI is InChI=1S/C14H17NO3/c1-3-8-15(9-7-14(17)18)13-6-4-5-12(10-13)11(2)16/h3-6,10H,1,7-9H2,2H3,(H,17,18). The van der Waals surface area contributed by atoms with Gasteiger partial charge >= 0.3 is 5.97 Å². The largest absolute Gasteiger partial charge is 0.481 e. The molecule has 0 aliphatic heterocycles. The Morgan fingerprint density at radius 3 is 2.72 bits per heavy atom. The highest BCUT2D eigenvalue weighted by Gasteiger charge is 2.09. The van der Waals surface area contributed by atoms with Crippen molar-refractivity contribution in [3.05, 3.63) is 42.5 Å². The number of hydrogen-bond donors (Lipinski definition) is 1. The number of ketones is 1. The molecule has 0 atom stereocenters. The van der Waals surface area contributed by atoms with Crippen LogP contribution in [0.3, 0.4) is 0 Å². The van der Waals surface area contributed by atoms with Crippen LogP contribution >= 0.6 is 0 Å². The number of nitrogens with zero attached hydrogens (tertiary/aromatic N) is 1. The number of anilines is 1. The van der Waals surface area contributed by atoms with E-state index in [1.165, 1.54) is 6.92 Å². The van der Waals surface area contributed by atoms with E-state index in [9.17, 15) is 9.59 Å². The second-order valence-corrected chi connectivity index (χ2v) is 3.98. The molecule has 0 spiro atoms. The molecular weight excluding hydrogens is 230 g/mol. The molecule has 0 bridgehead atoms. The van der Waals surface area contributed by atoms with Crippen molar-refractivity contribution in [3.63, 3.8) is 0 Å². The fraction of sp³-hybridized carbons (Fsp3) is 0.286. The molecule has 1 rings (SSSR count). The van der Waals surface area contributed by atoms with Gasteiger partial charge in [-0.3, -0.25) is 9.59 Å². The SMILES string of the molecule is C=CCN(CCC(=O)O)c1cccc(C(C)=O)c1. The molecule has 1 aromatic rings. The second kappa shape index (κ2) is 6.59. The summed E-state index contributed by atoms with van der Waals surface area (Å²) in [4.78, 5) is 23.8. The summed E-state index contributed by atoms with van der Waals surface area (Å²) in [6, 6.07) is 7.17. The van der Waals surface area contributed by atoms with Crippen molar-refractivity contribution in [1.82, 2.24) is 0 Å². The summed E-state index contributed by atoms with van der Waals surface area (Å²) in [5, 5.41) is 8.71. The molecule has 0 fully saturated rings. The van der Waals surface area contributed by atoms with Crippen LogP contribution in [-0.2, 0) is 4.79 Å². The van der Waals surface area contributed by atoms with Crippen LogP contribution in [-0.4, -0.2) is 29.9 Å². The van der Waals surface area contributed by atoms with Gasteiger partial charge in [0.15, 0.2) is 5.78 Å². The van der Waals surface area contributed by atoms with Crippen molar-refractivity contribution in [2.75, 3.05) is 18.0 Å². The number of carboxylic acid groups (broad SMARTS) is 1. The number of Topliss-reactive ketones (excluding diaryl/α,β-unsaturated/α-hetero) is 1. The average Bonchev–Trinajstić information content (AvgIpc) is 2.34. The lowest BCUT2D eigenvalue weighted by Crippen LogP contribution is -2.26. The van der Waals surface area contributed by atoms with E-state index in [0.29, 0.717) is 18.7 Å². The van der Waals surface area contributed by atoms with Crippen molar-refractivity contribution in [2.24, 2.45) is 0 Å². The Morgan fingerprint density at radius 1 is 1.44 bits per heavy atom. The summed E-state index contributed by atoms with van der Waals surface area (Å²) in [7, 11) is 0. The van der Waals surface area contributed by atoms with Crippen LogP contribution in [0.1, 0.15) is 23.7 Å².